The Bertz CT molecular complexity index is 618. The fraction of sp³-hybridized carbons (Fsp3) is 0.471. The quantitative estimate of drug-likeness (QED) is 0.621. The van der Waals surface area contributed by atoms with Gasteiger partial charge in [-0.05, 0) is 45.7 Å². The number of esters is 1. The lowest BCUT2D eigenvalue weighted by molar-refractivity contribution is -0.164. The van der Waals surface area contributed by atoms with Crippen molar-refractivity contribution in [3.63, 3.8) is 0 Å². The number of hydrogen-bond donors (Lipinski definition) is 0. The average molecular weight is 301 g/mol. The van der Waals surface area contributed by atoms with Crippen LogP contribution in [-0.4, -0.2) is 34.3 Å². The Labute approximate surface area is 129 Å². The summed E-state index contributed by atoms with van der Waals surface area (Å²) in [4.78, 5) is 37.9. The van der Waals surface area contributed by atoms with Gasteiger partial charge >= 0.3 is 5.97 Å². The molecule has 1 aliphatic heterocycles. The van der Waals surface area contributed by atoms with Gasteiger partial charge in [0.2, 0.25) is 0 Å². The molecule has 1 saturated carbocycles. The highest BCUT2D eigenvalue weighted by molar-refractivity contribution is 6.21. The summed E-state index contributed by atoms with van der Waals surface area (Å²) in [7, 11) is 0. The molecule has 0 unspecified atom stereocenters. The van der Waals surface area contributed by atoms with Crippen LogP contribution in [-0.2, 0) is 9.53 Å². The Morgan fingerprint density at radius 1 is 1.09 bits per heavy atom. The van der Waals surface area contributed by atoms with Crippen molar-refractivity contribution in [3.05, 3.63) is 35.4 Å². The van der Waals surface area contributed by atoms with Gasteiger partial charge in [-0.1, -0.05) is 12.1 Å². The monoisotopic (exact) mass is 301 g/mol. The minimum atomic E-state index is -0.516. The fourth-order valence-corrected chi connectivity index (χ4v) is 2.92. The van der Waals surface area contributed by atoms with Gasteiger partial charge in [-0.25, -0.2) is 0 Å². The van der Waals surface area contributed by atoms with E-state index in [1.165, 1.54) is 4.90 Å². The molecule has 1 aromatic carbocycles. The lowest BCUT2D eigenvalue weighted by Crippen LogP contribution is -2.50. The van der Waals surface area contributed by atoms with Crippen molar-refractivity contribution >= 4 is 17.8 Å². The van der Waals surface area contributed by atoms with E-state index in [2.05, 4.69) is 0 Å². The summed E-state index contributed by atoms with van der Waals surface area (Å²) in [5, 5.41) is 0. The van der Waals surface area contributed by atoms with Crippen LogP contribution in [0.1, 0.15) is 54.3 Å². The van der Waals surface area contributed by atoms with Gasteiger partial charge in [0.1, 0.15) is 5.60 Å². The first kappa shape index (κ1) is 14.8. The van der Waals surface area contributed by atoms with Crippen molar-refractivity contribution in [1.29, 1.82) is 0 Å². The second-order valence-electron chi connectivity index (χ2n) is 6.88. The highest BCUT2D eigenvalue weighted by Gasteiger charge is 2.47. The van der Waals surface area contributed by atoms with Crippen LogP contribution in [0.5, 0.6) is 0 Å². The molecule has 0 atom stereocenters. The summed E-state index contributed by atoms with van der Waals surface area (Å²) in [6.07, 6.45) is 0.973. The molecule has 0 radical (unpaired) electrons. The van der Waals surface area contributed by atoms with Gasteiger partial charge < -0.3 is 4.74 Å². The van der Waals surface area contributed by atoms with Crippen LogP contribution in [0.15, 0.2) is 24.3 Å². The first-order valence-corrected chi connectivity index (χ1v) is 7.48. The molecule has 0 spiro atoms. The van der Waals surface area contributed by atoms with E-state index in [0.29, 0.717) is 24.0 Å². The zero-order chi connectivity index (χ0) is 16.1. The maximum absolute atomic E-state index is 12.3. The molecule has 1 fully saturated rings. The summed E-state index contributed by atoms with van der Waals surface area (Å²) < 4.78 is 5.34. The second kappa shape index (κ2) is 4.93. The first-order chi connectivity index (χ1) is 10.3. The third-order valence-corrected chi connectivity index (χ3v) is 4.04. The number of fused-ring (bicyclic) bond motifs is 1. The Kier molecular flexibility index (Phi) is 3.31. The number of rotatable bonds is 2. The standard InChI is InChI=1S/C17H19NO4/c1-17(2,3)22-16(21)10-8-11(9-10)18-14(19)12-6-4-5-7-13(12)15(18)20/h4-7,10-11H,8-9H2,1-3H3. The number of nitrogens with zero attached hydrogens (tertiary/aromatic N) is 1. The van der Waals surface area contributed by atoms with Gasteiger partial charge in [-0.2, -0.15) is 0 Å². The van der Waals surface area contributed by atoms with Gasteiger partial charge in [0.25, 0.3) is 11.8 Å². The van der Waals surface area contributed by atoms with Crippen molar-refractivity contribution in [2.45, 2.75) is 45.3 Å². The van der Waals surface area contributed by atoms with Gasteiger partial charge in [0.15, 0.2) is 0 Å². The highest BCUT2D eigenvalue weighted by atomic mass is 16.6. The number of ether oxygens (including phenoxy) is 1. The van der Waals surface area contributed by atoms with Crippen molar-refractivity contribution in [3.8, 4) is 0 Å². The van der Waals surface area contributed by atoms with E-state index in [9.17, 15) is 14.4 Å². The van der Waals surface area contributed by atoms with E-state index in [0.717, 1.165) is 0 Å². The zero-order valence-electron chi connectivity index (χ0n) is 13.0. The number of amides is 2. The molecule has 5 heteroatoms. The third-order valence-electron chi connectivity index (χ3n) is 4.04. The minimum absolute atomic E-state index is 0.204. The maximum Gasteiger partial charge on any atom is 0.309 e. The van der Waals surface area contributed by atoms with Crippen molar-refractivity contribution in [1.82, 2.24) is 4.90 Å². The van der Waals surface area contributed by atoms with Crippen LogP contribution in [0.4, 0.5) is 0 Å². The Morgan fingerprint density at radius 3 is 2.05 bits per heavy atom. The number of hydrogen-bond acceptors (Lipinski definition) is 4. The van der Waals surface area contributed by atoms with E-state index >= 15 is 0 Å². The molecule has 116 valence electrons. The summed E-state index contributed by atoms with van der Waals surface area (Å²) in [5.74, 6) is -0.990. The van der Waals surface area contributed by atoms with E-state index in [4.69, 9.17) is 4.74 Å². The molecule has 0 aromatic heterocycles. The Balaban J connectivity index is 1.66. The van der Waals surface area contributed by atoms with Gasteiger partial charge in [0, 0.05) is 6.04 Å². The number of carbonyl (C=O) groups is 3. The predicted molar refractivity (Wildman–Crippen MR) is 79.3 cm³/mol. The van der Waals surface area contributed by atoms with Gasteiger partial charge in [0.05, 0.1) is 17.0 Å². The highest BCUT2D eigenvalue weighted by Crippen LogP contribution is 2.37. The summed E-state index contributed by atoms with van der Waals surface area (Å²) in [6, 6.07) is 6.62. The molecule has 0 N–H and O–H groups in total. The van der Waals surface area contributed by atoms with Crippen LogP contribution >= 0.6 is 0 Å². The molecule has 3 rings (SSSR count). The minimum Gasteiger partial charge on any atom is -0.460 e. The zero-order valence-corrected chi connectivity index (χ0v) is 13.0. The average Bonchev–Trinajstić information content (AvgIpc) is 2.61. The van der Waals surface area contributed by atoms with E-state index < -0.39 is 5.60 Å². The topological polar surface area (TPSA) is 63.7 Å². The van der Waals surface area contributed by atoms with Crippen molar-refractivity contribution < 1.29 is 19.1 Å². The molecule has 22 heavy (non-hydrogen) atoms. The van der Waals surface area contributed by atoms with Crippen LogP contribution < -0.4 is 0 Å². The molecule has 2 amide bonds. The summed E-state index contributed by atoms with van der Waals surface area (Å²) in [5.41, 5.74) is 0.388. The Morgan fingerprint density at radius 2 is 1.59 bits per heavy atom. The van der Waals surface area contributed by atoms with Crippen LogP contribution in [0.25, 0.3) is 0 Å². The Hall–Kier alpha value is -2.17. The van der Waals surface area contributed by atoms with Crippen LogP contribution in [0, 0.1) is 5.92 Å². The molecule has 2 aliphatic rings. The smallest absolute Gasteiger partial charge is 0.309 e. The largest absolute Gasteiger partial charge is 0.460 e. The van der Waals surface area contributed by atoms with Crippen molar-refractivity contribution in [2.75, 3.05) is 0 Å². The molecular formula is C17H19NO4. The van der Waals surface area contributed by atoms with E-state index in [1.54, 1.807) is 24.3 Å². The van der Waals surface area contributed by atoms with Crippen LogP contribution in [0.2, 0.25) is 0 Å². The molecular weight excluding hydrogens is 282 g/mol. The first-order valence-electron chi connectivity index (χ1n) is 7.48. The molecule has 1 aliphatic carbocycles. The lowest BCUT2D eigenvalue weighted by atomic mass is 9.79. The fourth-order valence-electron chi connectivity index (χ4n) is 2.92. The normalized spacial score (nSPS) is 24.0. The summed E-state index contributed by atoms with van der Waals surface area (Å²) in [6.45, 7) is 5.47. The van der Waals surface area contributed by atoms with Crippen LogP contribution in [0.3, 0.4) is 0 Å². The maximum atomic E-state index is 12.3. The molecule has 0 saturated heterocycles. The lowest BCUT2D eigenvalue weighted by Gasteiger charge is -2.39. The second-order valence-corrected chi connectivity index (χ2v) is 6.88. The summed E-state index contributed by atoms with van der Waals surface area (Å²) >= 11 is 0. The predicted octanol–water partition coefficient (Wildman–Crippen LogP) is 2.40. The molecule has 1 heterocycles. The SMILES string of the molecule is CC(C)(C)OC(=O)C1CC(N2C(=O)c3ccccc3C2=O)C1. The van der Waals surface area contributed by atoms with Crippen molar-refractivity contribution in [2.24, 2.45) is 5.92 Å². The molecule has 0 bridgehead atoms. The van der Waals surface area contributed by atoms with Gasteiger partial charge in [-0.3, -0.25) is 19.3 Å². The number of benzene rings is 1. The van der Waals surface area contributed by atoms with E-state index in [-0.39, 0.29) is 29.7 Å². The third kappa shape index (κ3) is 2.40. The number of imide groups is 1. The molecule has 1 aromatic rings. The van der Waals surface area contributed by atoms with E-state index in [1.807, 2.05) is 20.8 Å². The number of carbonyl (C=O) groups excluding carboxylic acids is 3. The molecule has 5 nitrogen and oxygen atoms in total. The van der Waals surface area contributed by atoms with Gasteiger partial charge in [-0.15, -0.1) is 0 Å².